The summed E-state index contributed by atoms with van der Waals surface area (Å²) < 4.78 is 5.76. The molecule has 1 rings (SSSR count). The first-order valence-electron chi connectivity index (χ1n) is 4.43. The van der Waals surface area contributed by atoms with Gasteiger partial charge in [-0.05, 0) is 47.2 Å². The van der Waals surface area contributed by atoms with Crippen molar-refractivity contribution < 1.29 is 9.53 Å². The van der Waals surface area contributed by atoms with E-state index >= 15 is 0 Å². The normalized spacial score (nSPS) is 10.3. The van der Waals surface area contributed by atoms with Crippen molar-refractivity contribution in [1.82, 2.24) is 5.43 Å². The van der Waals surface area contributed by atoms with E-state index in [0.29, 0.717) is 6.61 Å². The summed E-state index contributed by atoms with van der Waals surface area (Å²) in [7, 11) is 0. The van der Waals surface area contributed by atoms with Crippen molar-refractivity contribution in [3.8, 4) is 0 Å². The van der Waals surface area contributed by atoms with Crippen molar-refractivity contribution in [2.45, 2.75) is 6.92 Å². The Hall–Kier alpha value is -1.11. The average Bonchev–Trinajstić information content (AvgIpc) is 2.18. The Kier molecular flexibility index (Phi) is 5.09. The zero-order valence-corrected chi connectivity index (χ0v) is 10.4. The largest absolute Gasteiger partial charge is 0.449 e. The highest BCUT2D eigenvalue weighted by Crippen LogP contribution is 2.05. The number of nitrogens with zero attached hydrogens (tertiary/aromatic N) is 1. The molecule has 0 radical (unpaired) electrons. The highest BCUT2D eigenvalue weighted by molar-refractivity contribution is 14.1. The van der Waals surface area contributed by atoms with Crippen molar-refractivity contribution in [3.63, 3.8) is 0 Å². The zero-order chi connectivity index (χ0) is 11.1. The molecular formula is C10H11IN2O2. The molecule has 1 aromatic rings. The third-order valence-corrected chi connectivity index (χ3v) is 2.16. The van der Waals surface area contributed by atoms with Crippen LogP contribution < -0.4 is 5.43 Å². The summed E-state index contributed by atoms with van der Waals surface area (Å²) in [6.45, 7) is 2.08. The Labute approximate surface area is 102 Å². The smallest absolute Gasteiger partial charge is 0.427 e. The van der Waals surface area contributed by atoms with Crippen LogP contribution in [0.5, 0.6) is 0 Å². The summed E-state index contributed by atoms with van der Waals surface area (Å²) in [5.74, 6) is 0. The Balaban J connectivity index is 2.48. The van der Waals surface area contributed by atoms with Gasteiger partial charge in [0.2, 0.25) is 0 Å². The Morgan fingerprint density at radius 3 is 3.13 bits per heavy atom. The Morgan fingerprint density at radius 1 is 1.67 bits per heavy atom. The topological polar surface area (TPSA) is 50.7 Å². The van der Waals surface area contributed by atoms with Gasteiger partial charge in [-0.25, -0.2) is 10.2 Å². The molecule has 0 spiro atoms. The van der Waals surface area contributed by atoms with E-state index in [-0.39, 0.29) is 0 Å². The number of carbonyl (C=O) groups is 1. The predicted octanol–water partition coefficient (Wildman–Crippen LogP) is 2.37. The van der Waals surface area contributed by atoms with E-state index < -0.39 is 6.09 Å². The minimum absolute atomic E-state index is 0.338. The number of hydrogen-bond donors (Lipinski definition) is 1. The lowest BCUT2D eigenvalue weighted by molar-refractivity contribution is 0.152. The molecule has 1 amide bonds. The molecule has 0 aliphatic carbocycles. The van der Waals surface area contributed by atoms with Crippen LogP contribution in [0.4, 0.5) is 4.79 Å². The van der Waals surface area contributed by atoms with Gasteiger partial charge in [0.25, 0.3) is 0 Å². The van der Waals surface area contributed by atoms with Crippen LogP contribution >= 0.6 is 22.6 Å². The van der Waals surface area contributed by atoms with E-state index in [0.717, 1.165) is 9.13 Å². The van der Waals surface area contributed by atoms with Crippen molar-refractivity contribution in [2.75, 3.05) is 6.61 Å². The number of halogens is 1. The van der Waals surface area contributed by atoms with Gasteiger partial charge in [0, 0.05) is 3.57 Å². The summed E-state index contributed by atoms with van der Waals surface area (Å²) in [6, 6.07) is 7.76. The van der Waals surface area contributed by atoms with Gasteiger partial charge in [-0.15, -0.1) is 0 Å². The molecule has 0 saturated heterocycles. The van der Waals surface area contributed by atoms with E-state index in [4.69, 9.17) is 0 Å². The summed E-state index contributed by atoms with van der Waals surface area (Å²) in [5, 5.41) is 3.75. The number of carbonyl (C=O) groups excluding carboxylic acids is 1. The number of rotatable bonds is 3. The monoisotopic (exact) mass is 318 g/mol. The molecule has 0 saturated carbocycles. The lowest BCUT2D eigenvalue weighted by Gasteiger charge is -1.98. The fourth-order valence-corrected chi connectivity index (χ4v) is 1.48. The number of hydrogen-bond acceptors (Lipinski definition) is 3. The minimum Gasteiger partial charge on any atom is -0.449 e. The molecule has 15 heavy (non-hydrogen) atoms. The van der Waals surface area contributed by atoms with E-state index in [1.165, 1.54) is 0 Å². The second kappa shape index (κ2) is 6.39. The van der Waals surface area contributed by atoms with Crippen LogP contribution in [-0.4, -0.2) is 18.9 Å². The van der Waals surface area contributed by atoms with E-state index in [1.54, 1.807) is 13.1 Å². The fraction of sp³-hybridized carbons (Fsp3) is 0.200. The maximum Gasteiger partial charge on any atom is 0.427 e. The molecule has 0 aliphatic rings. The summed E-state index contributed by atoms with van der Waals surface area (Å²) >= 11 is 2.21. The quantitative estimate of drug-likeness (QED) is 0.528. The molecule has 0 atom stereocenters. The molecule has 80 valence electrons. The lowest BCUT2D eigenvalue weighted by atomic mass is 10.2. The summed E-state index contributed by atoms with van der Waals surface area (Å²) in [5.41, 5.74) is 3.19. The molecule has 4 nitrogen and oxygen atoms in total. The van der Waals surface area contributed by atoms with Crippen molar-refractivity contribution in [2.24, 2.45) is 5.10 Å². The van der Waals surface area contributed by atoms with Crippen LogP contribution in [0.15, 0.2) is 29.4 Å². The van der Waals surface area contributed by atoms with Crippen LogP contribution in [0.3, 0.4) is 0 Å². The molecule has 0 bridgehead atoms. The second-order valence-electron chi connectivity index (χ2n) is 2.65. The fourth-order valence-electron chi connectivity index (χ4n) is 0.910. The summed E-state index contributed by atoms with van der Waals surface area (Å²) in [4.78, 5) is 10.9. The molecular weight excluding hydrogens is 307 g/mol. The first kappa shape index (κ1) is 12.0. The number of ether oxygens (including phenoxy) is 1. The highest BCUT2D eigenvalue weighted by atomic mass is 127. The van der Waals surface area contributed by atoms with E-state index in [9.17, 15) is 4.79 Å². The van der Waals surface area contributed by atoms with Gasteiger partial charge in [-0.3, -0.25) is 0 Å². The molecule has 0 aromatic heterocycles. The maximum absolute atomic E-state index is 10.9. The minimum atomic E-state index is -0.542. The SMILES string of the molecule is CCOC(=O)N/N=C/c1cccc(I)c1. The zero-order valence-electron chi connectivity index (χ0n) is 8.24. The first-order chi connectivity index (χ1) is 7.22. The lowest BCUT2D eigenvalue weighted by Crippen LogP contribution is -2.18. The van der Waals surface area contributed by atoms with Crippen LogP contribution in [-0.2, 0) is 4.74 Å². The summed E-state index contributed by atoms with van der Waals surface area (Å²) in [6.07, 6.45) is 1.03. The van der Waals surface area contributed by atoms with Crippen molar-refractivity contribution in [3.05, 3.63) is 33.4 Å². The standard InChI is InChI=1S/C10H11IN2O2/c1-2-15-10(14)13-12-7-8-4-3-5-9(11)6-8/h3-7H,2H2,1H3,(H,13,14)/b12-7+. The van der Waals surface area contributed by atoms with Crippen molar-refractivity contribution >= 4 is 34.9 Å². The maximum atomic E-state index is 10.9. The van der Waals surface area contributed by atoms with E-state index in [2.05, 4.69) is 37.9 Å². The third kappa shape index (κ3) is 4.78. The van der Waals surface area contributed by atoms with Crippen LogP contribution in [0, 0.1) is 3.57 Å². The van der Waals surface area contributed by atoms with Crippen molar-refractivity contribution in [1.29, 1.82) is 0 Å². The van der Waals surface area contributed by atoms with Crippen LogP contribution in [0.1, 0.15) is 12.5 Å². The highest BCUT2D eigenvalue weighted by Gasteiger charge is 1.95. The third-order valence-electron chi connectivity index (χ3n) is 1.49. The predicted molar refractivity (Wildman–Crippen MR) is 66.9 cm³/mol. The van der Waals surface area contributed by atoms with Gasteiger partial charge < -0.3 is 4.74 Å². The number of hydrazone groups is 1. The molecule has 0 heterocycles. The van der Waals surface area contributed by atoms with Gasteiger partial charge >= 0.3 is 6.09 Å². The second-order valence-corrected chi connectivity index (χ2v) is 3.89. The average molecular weight is 318 g/mol. The molecule has 0 aliphatic heterocycles. The number of amides is 1. The van der Waals surface area contributed by atoms with Gasteiger partial charge in [-0.1, -0.05) is 12.1 Å². The number of nitrogens with one attached hydrogen (secondary N) is 1. The van der Waals surface area contributed by atoms with Crippen LogP contribution in [0.25, 0.3) is 0 Å². The first-order valence-corrected chi connectivity index (χ1v) is 5.51. The molecule has 0 unspecified atom stereocenters. The van der Waals surface area contributed by atoms with Crippen LogP contribution in [0.2, 0.25) is 0 Å². The molecule has 1 aromatic carbocycles. The van der Waals surface area contributed by atoms with E-state index in [1.807, 2.05) is 24.3 Å². The molecule has 0 fully saturated rings. The van der Waals surface area contributed by atoms with Gasteiger partial charge in [0.05, 0.1) is 12.8 Å². The molecule has 1 N–H and O–H groups in total. The number of benzene rings is 1. The van der Waals surface area contributed by atoms with Gasteiger partial charge in [0.15, 0.2) is 0 Å². The Morgan fingerprint density at radius 2 is 2.47 bits per heavy atom. The van der Waals surface area contributed by atoms with Gasteiger partial charge in [0.1, 0.15) is 0 Å². The Bertz CT molecular complexity index is 366. The van der Waals surface area contributed by atoms with Gasteiger partial charge in [-0.2, -0.15) is 5.10 Å². The molecule has 5 heteroatoms.